The van der Waals surface area contributed by atoms with Gasteiger partial charge in [0.25, 0.3) is 0 Å². The molecule has 16 heavy (non-hydrogen) atoms. The highest BCUT2D eigenvalue weighted by Gasteiger charge is 2.07. The van der Waals surface area contributed by atoms with Gasteiger partial charge in [0.15, 0.2) is 0 Å². The van der Waals surface area contributed by atoms with Crippen LogP contribution in [0.5, 0.6) is 0 Å². The zero-order valence-electron chi connectivity index (χ0n) is 9.34. The summed E-state index contributed by atoms with van der Waals surface area (Å²) in [6.07, 6.45) is 8.73. The second-order valence-corrected chi connectivity index (χ2v) is 3.25. The number of nitrogens with zero attached hydrogens (tertiary/aromatic N) is 2. The van der Waals surface area contributed by atoms with Crippen molar-refractivity contribution in [3.63, 3.8) is 0 Å². The molecule has 0 aliphatic carbocycles. The van der Waals surface area contributed by atoms with Crippen LogP contribution in [0.25, 0.3) is 6.08 Å². The number of anilines is 1. The Kier molecular flexibility index (Phi) is 4.86. The molecule has 0 atom stereocenters. The number of aromatic nitrogens is 1. The standard InChI is InChI=1S/C13H17N3/c1-3-10-16(11-4-2)13-6-5-9-15-12(13)7-8-14/h3-9H,1-2,10-11,14H2. The number of nitrogens with two attached hydrogens (primary N) is 1. The summed E-state index contributed by atoms with van der Waals surface area (Å²) in [6.45, 7) is 9.00. The van der Waals surface area contributed by atoms with Crippen LogP contribution in [0.2, 0.25) is 0 Å². The monoisotopic (exact) mass is 215 g/mol. The number of rotatable bonds is 6. The zero-order chi connectivity index (χ0) is 11.8. The second-order valence-electron chi connectivity index (χ2n) is 3.25. The molecule has 0 saturated heterocycles. The molecule has 1 heterocycles. The summed E-state index contributed by atoms with van der Waals surface area (Å²) in [5.41, 5.74) is 7.28. The van der Waals surface area contributed by atoms with E-state index < -0.39 is 0 Å². The maximum absolute atomic E-state index is 5.40. The fraction of sp³-hybridized carbons (Fsp3) is 0.154. The van der Waals surface area contributed by atoms with E-state index in [1.165, 1.54) is 6.20 Å². The van der Waals surface area contributed by atoms with Gasteiger partial charge in [-0.05, 0) is 24.4 Å². The summed E-state index contributed by atoms with van der Waals surface area (Å²) in [6, 6.07) is 3.91. The summed E-state index contributed by atoms with van der Waals surface area (Å²) in [5, 5.41) is 0. The van der Waals surface area contributed by atoms with Gasteiger partial charge in [-0.1, -0.05) is 12.2 Å². The highest BCUT2D eigenvalue weighted by atomic mass is 15.1. The van der Waals surface area contributed by atoms with Crippen LogP contribution < -0.4 is 10.6 Å². The van der Waals surface area contributed by atoms with E-state index in [1.54, 1.807) is 12.3 Å². The minimum atomic E-state index is 0.753. The van der Waals surface area contributed by atoms with Crippen LogP contribution in [-0.4, -0.2) is 18.1 Å². The average Bonchev–Trinajstić information content (AvgIpc) is 2.30. The lowest BCUT2D eigenvalue weighted by atomic mass is 10.2. The van der Waals surface area contributed by atoms with E-state index in [2.05, 4.69) is 23.0 Å². The van der Waals surface area contributed by atoms with Crippen LogP contribution in [0.4, 0.5) is 5.69 Å². The van der Waals surface area contributed by atoms with Crippen molar-refractivity contribution in [1.82, 2.24) is 4.98 Å². The smallest absolute Gasteiger partial charge is 0.0877 e. The van der Waals surface area contributed by atoms with Crippen LogP contribution >= 0.6 is 0 Å². The summed E-state index contributed by atoms with van der Waals surface area (Å²) < 4.78 is 0. The Morgan fingerprint density at radius 1 is 1.31 bits per heavy atom. The average molecular weight is 215 g/mol. The lowest BCUT2D eigenvalue weighted by molar-refractivity contribution is 0.947. The van der Waals surface area contributed by atoms with Gasteiger partial charge in [0.1, 0.15) is 0 Å². The largest absolute Gasteiger partial charge is 0.405 e. The molecule has 3 nitrogen and oxygen atoms in total. The van der Waals surface area contributed by atoms with E-state index in [1.807, 2.05) is 24.3 Å². The molecule has 0 radical (unpaired) electrons. The molecule has 2 N–H and O–H groups in total. The Morgan fingerprint density at radius 3 is 2.56 bits per heavy atom. The fourth-order valence-electron chi connectivity index (χ4n) is 1.48. The van der Waals surface area contributed by atoms with Crippen molar-refractivity contribution in [2.24, 2.45) is 5.73 Å². The topological polar surface area (TPSA) is 42.2 Å². The van der Waals surface area contributed by atoms with Gasteiger partial charge in [-0.3, -0.25) is 4.98 Å². The molecular weight excluding hydrogens is 198 g/mol. The number of pyridine rings is 1. The highest BCUT2D eigenvalue weighted by Crippen LogP contribution is 2.19. The molecular formula is C13H17N3. The molecule has 0 unspecified atom stereocenters. The first kappa shape index (κ1) is 12.0. The summed E-state index contributed by atoms with van der Waals surface area (Å²) in [5.74, 6) is 0. The zero-order valence-corrected chi connectivity index (χ0v) is 9.34. The molecule has 0 aromatic carbocycles. The van der Waals surface area contributed by atoms with Crippen LogP contribution in [0.3, 0.4) is 0 Å². The third-order valence-corrected chi connectivity index (χ3v) is 2.11. The first-order chi connectivity index (χ1) is 7.83. The molecule has 84 valence electrons. The predicted molar refractivity (Wildman–Crippen MR) is 70.1 cm³/mol. The van der Waals surface area contributed by atoms with E-state index >= 15 is 0 Å². The van der Waals surface area contributed by atoms with E-state index in [4.69, 9.17) is 5.73 Å². The molecule has 3 heteroatoms. The van der Waals surface area contributed by atoms with E-state index in [9.17, 15) is 0 Å². The molecule has 1 rings (SSSR count). The minimum absolute atomic E-state index is 0.753. The first-order valence-corrected chi connectivity index (χ1v) is 5.13. The molecule has 0 bridgehead atoms. The molecule has 1 aromatic heterocycles. The first-order valence-electron chi connectivity index (χ1n) is 5.13. The van der Waals surface area contributed by atoms with Crippen LogP contribution in [0.1, 0.15) is 5.69 Å². The van der Waals surface area contributed by atoms with Crippen molar-refractivity contribution < 1.29 is 0 Å². The number of hydrogen-bond acceptors (Lipinski definition) is 3. The Morgan fingerprint density at radius 2 is 2.00 bits per heavy atom. The third-order valence-electron chi connectivity index (χ3n) is 2.11. The van der Waals surface area contributed by atoms with Gasteiger partial charge in [-0.2, -0.15) is 0 Å². The van der Waals surface area contributed by atoms with Gasteiger partial charge in [-0.25, -0.2) is 0 Å². The van der Waals surface area contributed by atoms with Crippen LogP contribution in [0.15, 0.2) is 49.8 Å². The Hall–Kier alpha value is -2.03. The van der Waals surface area contributed by atoms with Crippen molar-refractivity contribution in [2.45, 2.75) is 0 Å². The SMILES string of the molecule is C=CCN(CC=C)c1cccnc1C=CN. The molecule has 0 spiro atoms. The third kappa shape index (κ3) is 2.98. The van der Waals surface area contributed by atoms with Crippen molar-refractivity contribution in [2.75, 3.05) is 18.0 Å². The molecule has 0 saturated carbocycles. The Labute approximate surface area is 96.6 Å². The predicted octanol–water partition coefficient (Wildman–Crippen LogP) is 2.19. The van der Waals surface area contributed by atoms with Crippen molar-refractivity contribution in [3.8, 4) is 0 Å². The number of hydrogen-bond donors (Lipinski definition) is 1. The molecule has 0 amide bonds. The van der Waals surface area contributed by atoms with Crippen LogP contribution in [0, 0.1) is 0 Å². The molecule has 1 aromatic rings. The van der Waals surface area contributed by atoms with Crippen molar-refractivity contribution in [1.29, 1.82) is 0 Å². The van der Waals surface area contributed by atoms with E-state index in [0.717, 1.165) is 24.5 Å². The lowest BCUT2D eigenvalue weighted by Gasteiger charge is -2.22. The van der Waals surface area contributed by atoms with Gasteiger partial charge in [0, 0.05) is 19.3 Å². The Bertz CT molecular complexity index is 373. The lowest BCUT2D eigenvalue weighted by Crippen LogP contribution is -2.24. The summed E-state index contributed by atoms with van der Waals surface area (Å²) in [4.78, 5) is 6.40. The maximum atomic E-state index is 5.40. The minimum Gasteiger partial charge on any atom is -0.405 e. The second kappa shape index (κ2) is 6.45. The van der Waals surface area contributed by atoms with Gasteiger partial charge < -0.3 is 10.6 Å². The highest BCUT2D eigenvalue weighted by molar-refractivity contribution is 5.64. The summed E-state index contributed by atoms with van der Waals surface area (Å²) >= 11 is 0. The molecule has 0 aliphatic rings. The fourth-order valence-corrected chi connectivity index (χ4v) is 1.48. The quantitative estimate of drug-likeness (QED) is 0.740. The van der Waals surface area contributed by atoms with Gasteiger partial charge in [0.05, 0.1) is 11.4 Å². The van der Waals surface area contributed by atoms with E-state index in [-0.39, 0.29) is 0 Å². The maximum Gasteiger partial charge on any atom is 0.0877 e. The Balaban J connectivity index is 3.05. The van der Waals surface area contributed by atoms with Crippen molar-refractivity contribution in [3.05, 3.63) is 55.5 Å². The van der Waals surface area contributed by atoms with Gasteiger partial charge in [0.2, 0.25) is 0 Å². The van der Waals surface area contributed by atoms with Crippen molar-refractivity contribution >= 4 is 11.8 Å². The van der Waals surface area contributed by atoms with E-state index in [0.29, 0.717) is 0 Å². The molecule has 0 aliphatic heterocycles. The molecule has 0 fully saturated rings. The van der Waals surface area contributed by atoms with Crippen LogP contribution in [-0.2, 0) is 0 Å². The van der Waals surface area contributed by atoms with Gasteiger partial charge >= 0.3 is 0 Å². The normalized spacial score (nSPS) is 10.2. The van der Waals surface area contributed by atoms with Gasteiger partial charge in [-0.15, -0.1) is 13.2 Å². The summed E-state index contributed by atoms with van der Waals surface area (Å²) in [7, 11) is 0.